The van der Waals surface area contributed by atoms with Crippen molar-refractivity contribution in [1.82, 2.24) is 5.32 Å². The van der Waals surface area contributed by atoms with Crippen LogP contribution in [0.4, 0.5) is 13.2 Å². The molecule has 1 aromatic carbocycles. The Labute approximate surface area is 139 Å². The van der Waals surface area contributed by atoms with Crippen LogP contribution in [0.25, 0.3) is 0 Å². The highest BCUT2D eigenvalue weighted by atomic mass is 19.4. The van der Waals surface area contributed by atoms with Gasteiger partial charge in [0, 0.05) is 13.2 Å². The molecule has 0 saturated carbocycles. The fourth-order valence-electron chi connectivity index (χ4n) is 2.76. The van der Waals surface area contributed by atoms with E-state index in [4.69, 9.17) is 9.84 Å². The molecule has 1 aromatic rings. The summed E-state index contributed by atoms with van der Waals surface area (Å²) < 4.78 is 42.5. The Morgan fingerprint density at radius 3 is 2.67 bits per heavy atom. The number of rotatable bonds is 5. The van der Waals surface area contributed by atoms with Crippen LogP contribution in [0.1, 0.15) is 36.5 Å². The number of halogens is 3. The van der Waals surface area contributed by atoms with E-state index in [9.17, 15) is 18.0 Å². The van der Waals surface area contributed by atoms with Gasteiger partial charge in [0.05, 0.1) is 12.0 Å². The molecule has 0 bridgehead atoms. The smallest absolute Gasteiger partial charge is 0.384 e. The lowest BCUT2D eigenvalue weighted by molar-refractivity contribution is -0.205. The molecule has 0 aliphatic carbocycles. The first-order valence-corrected chi connectivity index (χ1v) is 7.99. The molecule has 3 unspecified atom stereocenters. The Morgan fingerprint density at radius 1 is 1.38 bits per heavy atom. The largest absolute Gasteiger partial charge is 0.414 e. The first kappa shape index (κ1) is 18.7. The number of ether oxygens (including phenoxy) is 1. The summed E-state index contributed by atoms with van der Waals surface area (Å²) in [5.74, 6) is -0.779. The summed E-state index contributed by atoms with van der Waals surface area (Å²) >= 11 is 0. The first-order chi connectivity index (χ1) is 11.3. The van der Waals surface area contributed by atoms with Gasteiger partial charge in [0.25, 0.3) is 0 Å². The summed E-state index contributed by atoms with van der Waals surface area (Å²) in [6.07, 6.45) is -6.70. The third-order valence-electron chi connectivity index (χ3n) is 4.16. The van der Waals surface area contributed by atoms with Crippen LogP contribution in [0.5, 0.6) is 0 Å². The van der Waals surface area contributed by atoms with E-state index < -0.39 is 30.7 Å². The summed E-state index contributed by atoms with van der Waals surface area (Å²) in [6.45, 7) is 2.29. The average molecular weight is 345 g/mol. The van der Waals surface area contributed by atoms with Crippen LogP contribution in [-0.4, -0.2) is 36.4 Å². The summed E-state index contributed by atoms with van der Waals surface area (Å²) in [5, 5.41) is 11.5. The Hall–Kier alpha value is -1.60. The molecule has 24 heavy (non-hydrogen) atoms. The normalized spacial score (nSPS) is 22.9. The SMILES string of the molecule is Cc1ccc(C2OCCCC2C(=O)NCCC(O)C(F)(F)F)cc1. The highest BCUT2D eigenvalue weighted by Crippen LogP contribution is 2.34. The second-order valence-electron chi connectivity index (χ2n) is 6.09. The summed E-state index contributed by atoms with van der Waals surface area (Å²) in [4.78, 5) is 12.3. The van der Waals surface area contributed by atoms with Crippen LogP contribution in [0.2, 0.25) is 0 Å². The summed E-state index contributed by atoms with van der Waals surface area (Å²) in [7, 11) is 0. The fraction of sp³-hybridized carbons (Fsp3) is 0.588. The first-order valence-electron chi connectivity index (χ1n) is 7.99. The number of hydrogen-bond donors (Lipinski definition) is 2. The van der Waals surface area contributed by atoms with Crippen LogP contribution < -0.4 is 5.32 Å². The lowest BCUT2D eigenvalue weighted by Gasteiger charge is -2.31. The lowest BCUT2D eigenvalue weighted by Crippen LogP contribution is -2.40. The maximum Gasteiger partial charge on any atom is 0.414 e. The highest BCUT2D eigenvalue weighted by Gasteiger charge is 2.38. The minimum atomic E-state index is -4.66. The number of alkyl halides is 3. The number of nitrogens with one attached hydrogen (secondary N) is 1. The number of hydrogen-bond acceptors (Lipinski definition) is 3. The number of carbonyl (C=O) groups is 1. The van der Waals surface area contributed by atoms with Gasteiger partial charge in [-0.05, 0) is 31.7 Å². The van der Waals surface area contributed by atoms with E-state index in [2.05, 4.69) is 5.32 Å². The minimum absolute atomic E-state index is 0.226. The van der Waals surface area contributed by atoms with E-state index >= 15 is 0 Å². The van der Waals surface area contributed by atoms with Gasteiger partial charge >= 0.3 is 6.18 Å². The maximum absolute atomic E-state index is 12.3. The number of aryl methyl sites for hydroxylation is 1. The van der Waals surface area contributed by atoms with Crippen LogP contribution in [0, 0.1) is 12.8 Å². The second-order valence-corrected chi connectivity index (χ2v) is 6.09. The van der Waals surface area contributed by atoms with Crippen LogP contribution in [0.3, 0.4) is 0 Å². The fourth-order valence-corrected chi connectivity index (χ4v) is 2.76. The molecule has 0 radical (unpaired) electrons. The molecular weight excluding hydrogens is 323 g/mol. The van der Waals surface area contributed by atoms with E-state index in [1.807, 2.05) is 31.2 Å². The van der Waals surface area contributed by atoms with Crippen molar-refractivity contribution in [2.24, 2.45) is 5.92 Å². The predicted molar refractivity (Wildman–Crippen MR) is 82.3 cm³/mol. The average Bonchev–Trinajstić information content (AvgIpc) is 2.54. The molecule has 7 heteroatoms. The van der Waals surface area contributed by atoms with Crippen LogP contribution in [-0.2, 0) is 9.53 Å². The van der Waals surface area contributed by atoms with Crippen LogP contribution in [0.15, 0.2) is 24.3 Å². The zero-order valence-corrected chi connectivity index (χ0v) is 13.5. The van der Waals surface area contributed by atoms with E-state index in [0.717, 1.165) is 17.5 Å². The Morgan fingerprint density at radius 2 is 2.04 bits per heavy atom. The van der Waals surface area contributed by atoms with Gasteiger partial charge in [0.15, 0.2) is 6.10 Å². The van der Waals surface area contributed by atoms with Crippen molar-refractivity contribution < 1.29 is 27.8 Å². The van der Waals surface area contributed by atoms with Gasteiger partial charge in [-0.3, -0.25) is 4.79 Å². The number of carbonyl (C=O) groups excluding carboxylic acids is 1. The molecule has 1 amide bonds. The van der Waals surface area contributed by atoms with Crippen molar-refractivity contribution in [3.8, 4) is 0 Å². The van der Waals surface area contributed by atoms with Crippen molar-refractivity contribution in [2.45, 2.75) is 44.6 Å². The molecule has 1 fully saturated rings. The third-order valence-corrected chi connectivity index (χ3v) is 4.16. The standard InChI is InChI=1S/C17H22F3NO3/c1-11-4-6-12(7-5-11)15-13(3-2-10-24-15)16(23)21-9-8-14(22)17(18,19)20/h4-7,13-15,22H,2-3,8-10H2,1H3,(H,21,23). The Bertz CT molecular complexity index is 545. The lowest BCUT2D eigenvalue weighted by atomic mass is 9.88. The second kappa shape index (κ2) is 7.98. The Balaban J connectivity index is 1.94. The minimum Gasteiger partial charge on any atom is -0.384 e. The zero-order valence-electron chi connectivity index (χ0n) is 13.5. The van der Waals surface area contributed by atoms with Crippen molar-refractivity contribution in [3.05, 3.63) is 35.4 Å². The van der Waals surface area contributed by atoms with E-state index in [-0.39, 0.29) is 12.5 Å². The molecule has 1 aliphatic rings. The molecule has 2 rings (SSSR count). The van der Waals surface area contributed by atoms with Gasteiger partial charge < -0.3 is 15.2 Å². The molecule has 3 atom stereocenters. The van der Waals surface area contributed by atoms with Gasteiger partial charge in [-0.1, -0.05) is 29.8 Å². The molecule has 0 spiro atoms. The van der Waals surface area contributed by atoms with E-state index in [1.165, 1.54) is 0 Å². The molecule has 0 aromatic heterocycles. The number of aliphatic hydroxyl groups is 1. The summed E-state index contributed by atoms with van der Waals surface area (Å²) in [6, 6.07) is 7.67. The maximum atomic E-state index is 12.3. The zero-order chi connectivity index (χ0) is 17.7. The van der Waals surface area contributed by atoms with Crippen LogP contribution >= 0.6 is 0 Å². The van der Waals surface area contributed by atoms with Gasteiger partial charge in [-0.15, -0.1) is 0 Å². The van der Waals surface area contributed by atoms with Crippen molar-refractivity contribution in [2.75, 3.05) is 13.2 Å². The van der Waals surface area contributed by atoms with E-state index in [0.29, 0.717) is 13.0 Å². The van der Waals surface area contributed by atoms with Crippen molar-refractivity contribution in [3.63, 3.8) is 0 Å². The molecule has 2 N–H and O–H groups in total. The van der Waals surface area contributed by atoms with Gasteiger partial charge in [-0.2, -0.15) is 13.2 Å². The topological polar surface area (TPSA) is 58.6 Å². The van der Waals surface area contributed by atoms with Crippen molar-refractivity contribution in [1.29, 1.82) is 0 Å². The van der Waals surface area contributed by atoms with Gasteiger partial charge in [-0.25, -0.2) is 0 Å². The quantitative estimate of drug-likeness (QED) is 0.863. The number of benzene rings is 1. The van der Waals surface area contributed by atoms with Gasteiger partial charge in [0.2, 0.25) is 5.91 Å². The Kier molecular flexibility index (Phi) is 6.23. The summed E-state index contributed by atoms with van der Waals surface area (Å²) in [5.41, 5.74) is 1.98. The molecular formula is C17H22F3NO3. The molecule has 4 nitrogen and oxygen atoms in total. The molecule has 1 heterocycles. The van der Waals surface area contributed by atoms with E-state index in [1.54, 1.807) is 0 Å². The third kappa shape index (κ3) is 4.95. The predicted octanol–water partition coefficient (Wildman–Crippen LogP) is 2.89. The van der Waals surface area contributed by atoms with Crippen molar-refractivity contribution >= 4 is 5.91 Å². The van der Waals surface area contributed by atoms with Gasteiger partial charge in [0.1, 0.15) is 0 Å². The molecule has 1 aliphatic heterocycles. The molecule has 134 valence electrons. The monoisotopic (exact) mass is 345 g/mol. The molecule has 1 saturated heterocycles. The number of amides is 1. The highest BCUT2D eigenvalue weighted by molar-refractivity contribution is 5.79. The number of aliphatic hydroxyl groups excluding tert-OH is 1.